The first-order chi connectivity index (χ1) is 11.3. The number of amides is 1. The summed E-state index contributed by atoms with van der Waals surface area (Å²) in [5, 5.41) is 2.63. The zero-order valence-electron chi connectivity index (χ0n) is 13.9. The Balaban J connectivity index is 1.85. The molecule has 0 aliphatic heterocycles. The van der Waals surface area contributed by atoms with Gasteiger partial charge in [0.2, 0.25) is 5.91 Å². The average Bonchev–Trinajstić information content (AvgIpc) is 2.49. The number of nitrogens with zero attached hydrogens (tertiary/aromatic N) is 1. The third-order valence-corrected chi connectivity index (χ3v) is 4.32. The maximum Gasteiger partial charge on any atom is 0.227 e. The van der Waals surface area contributed by atoms with E-state index in [-0.39, 0.29) is 24.0 Å². The first kappa shape index (κ1) is 17.9. The van der Waals surface area contributed by atoms with Crippen LogP contribution in [0.2, 0.25) is 0 Å². The Morgan fingerprint density at radius 3 is 2.54 bits per heavy atom. The smallest absolute Gasteiger partial charge is 0.227 e. The molecule has 1 N–H and O–H groups in total. The number of hydrogen-bond donors (Lipinski definition) is 1. The van der Waals surface area contributed by atoms with Gasteiger partial charge in [-0.15, -0.1) is 0 Å². The number of carbonyl (C=O) groups is 1. The lowest BCUT2D eigenvalue weighted by Gasteiger charge is -2.10. The summed E-state index contributed by atoms with van der Waals surface area (Å²) in [7, 11) is -3.34. The van der Waals surface area contributed by atoms with Crippen molar-refractivity contribution < 1.29 is 17.9 Å². The summed E-state index contributed by atoms with van der Waals surface area (Å²) >= 11 is 0. The van der Waals surface area contributed by atoms with E-state index in [9.17, 15) is 13.2 Å². The second kappa shape index (κ2) is 7.44. The predicted octanol–water partition coefficient (Wildman–Crippen LogP) is 2.51. The van der Waals surface area contributed by atoms with Gasteiger partial charge in [0, 0.05) is 6.26 Å². The van der Waals surface area contributed by atoms with Gasteiger partial charge in [0.15, 0.2) is 14.9 Å². The summed E-state index contributed by atoms with van der Waals surface area (Å²) in [4.78, 5) is 15.7. The zero-order chi connectivity index (χ0) is 17.7. The Morgan fingerprint density at radius 1 is 1.21 bits per heavy atom. The molecule has 0 unspecified atom stereocenters. The second-order valence-corrected chi connectivity index (χ2v) is 7.54. The van der Waals surface area contributed by atoms with Gasteiger partial charge in [-0.25, -0.2) is 13.4 Å². The molecular formula is C17H20N2O4S. The van der Waals surface area contributed by atoms with Gasteiger partial charge in [-0.3, -0.25) is 4.79 Å². The molecule has 6 nitrogen and oxygen atoms in total. The Bertz CT molecular complexity index is 830. The number of sulfone groups is 1. The van der Waals surface area contributed by atoms with E-state index in [1.165, 1.54) is 18.3 Å². The van der Waals surface area contributed by atoms with Gasteiger partial charge < -0.3 is 10.1 Å². The number of benzene rings is 1. The fraction of sp³-hybridized carbons (Fsp3) is 0.294. The fourth-order valence-corrected chi connectivity index (χ4v) is 2.67. The topological polar surface area (TPSA) is 85.4 Å². The normalized spacial score (nSPS) is 11.1. The molecule has 1 heterocycles. The first-order valence-electron chi connectivity index (χ1n) is 7.42. The van der Waals surface area contributed by atoms with E-state index in [0.717, 1.165) is 23.1 Å². The molecule has 2 aromatic rings. The summed E-state index contributed by atoms with van der Waals surface area (Å²) in [5.74, 6) is 0.529. The zero-order valence-corrected chi connectivity index (χ0v) is 14.7. The predicted molar refractivity (Wildman–Crippen MR) is 92.0 cm³/mol. The Labute approximate surface area is 141 Å². The molecule has 0 atom stereocenters. The monoisotopic (exact) mass is 348 g/mol. The van der Waals surface area contributed by atoms with Gasteiger partial charge in [-0.2, -0.15) is 0 Å². The highest BCUT2D eigenvalue weighted by Gasteiger charge is 2.09. The molecule has 0 saturated carbocycles. The number of pyridine rings is 1. The lowest BCUT2D eigenvalue weighted by atomic mass is 10.1. The maximum absolute atomic E-state index is 11.9. The van der Waals surface area contributed by atoms with Crippen molar-refractivity contribution in [3.05, 3.63) is 47.7 Å². The van der Waals surface area contributed by atoms with Crippen molar-refractivity contribution in [3.63, 3.8) is 0 Å². The highest BCUT2D eigenvalue weighted by molar-refractivity contribution is 7.90. The molecule has 128 valence electrons. The van der Waals surface area contributed by atoms with Crippen molar-refractivity contribution in [2.75, 3.05) is 18.2 Å². The molecule has 24 heavy (non-hydrogen) atoms. The first-order valence-corrected chi connectivity index (χ1v) is 9.31. The van der Waals surface area contributed by atoms with Crippen LogP contribution < -0.4 is 10.1 Å². The number of ether oxygens (including phenoxy) is 1. The van der Waals surface area contributed by atoms with Gasteiger partial charge in [-0.05, 0) is 37.6 Å². The minimum atomic E-state index is -3.34. The summed E-state index contributed by atoms with van der Waals surface area (Å²) in [5.41, 5.74) is 2.62. The highest BCUT2D eigenvalue weighted by Crippen LogP contribution is 2.19. The van der Waals surface area contributed by atoms with Crippen LogP contribution in [0.1, 0.15) is 17.5 Å². The quantitative estimate of drug-likeness (QED) is 0.867. The molecular weight excluding hydrogens is 328 g/mol. The van der Waals surface area contributed by atoms with Gasteiger partial charge >= 0.3 is 0 Å². The van der Waals surface area contributed by atoms with Gasteiger partial charge in [0.1, 0.15) is 5.75 Å². The van der Waals surface area contributed by atoms with Crippen molar-refractivity contribution in [2.24, 2.45) is 0 Å². The molecule has 0 saturated heterocycles. The van der Waals surface area contributed by atoms with Crippen molar-refractivity contribution in [1.29, 1.82) is 0 Å². The summed E-state index contributed by atoms with van der Waals surface area (Å²) < 4.78 is 28.3. The van der Waals surface area contributed by atoms with E-state index in [4.69, 9.17) is 4.74 Å². The molecule has 0 spiro atoms. The van der Waals surface area contributed by atoms with E-state index in [2.05, 4.69) is 10.3 Å². The standard InChI is InChI=1S/C17H20N2O4S/c1-12-4-6-15(13(2)10-12)23-9-8-16(20)19-14-5-7-17(18-11-14)24(3,21)22/h4-7,10-11H,8-9H2,1-3H3,(H,19,20). The largest absolute Gasteiger partial charge is 0.493 e. The van der Waals surface area contributed by atoms with Crippen LogP contribution in [0.15, 0.2) is 41.6 Å². The molecule has 2 rings (SSSR count). The van der Waals surface area contributed by atoms with Crippen molar-refractivity contribution >= 4 is 21.4 Å². The Morgan fingerprint density at radius 2 is 1.96 bits per heavy atom. The van der Waals surface area contributed by atoms with Crippen molar-refractivity contribution in [3.8, 4) is 5.75 Å². The number of hydrogen-bond acceptors (Lipinski definition) is 5. The van der Waals surface area contributed by atoms with Crippen LogP contribution in [0.4, 0.5) is 5.69 Å². The third kappa shape index (κ3) is 5.06. The van der Waals surface area contributed by atoms with Gasteiger partial charge in [0.25, 0.3) is 0 Å². The number of nitrogens with one attached hydrogen (secondary N) is 1. The fourth-order valence-electron chi connectivity index (χ4n) is 2.11. The van der Waals surface area contributed by atoms with E-state index in [0.29, 0.717) is 5.69 Å². The van der Waals surface area contributed by atoms with Crippen molar-refractivity contribution in [2.45, 2.75) is 25.3 Å². The number of carbonyl (C=O) groups excluding carboxylic acids is 1. The van der Waals surface area contributed by atoms with Crippen LogP contribution >= 0.6 is 0 Å². The summed E-state index contributed by atoms with van der Waals surface area (Å²) in [6.45, 7) is 4.22. The molecule has 0 bridgehead atoms. The van der Waals surface area contributed by atoms with E-state index < -0.39 is 9.84 Å². The Kier molecular flexibility index (Phi) is 5.56. The SMILES string of the molecule is Cc1ccc(OCCC(=O)Nc2ccc(S(C)(=O)=O)nc2)c(C)c1. The third-order valence-electron chi connectivity index (χ3n) is 3.32. The number of aryl methyl sites for hydroxylation is 2. The van der Waals surface area contributed by atoms with Crippen LogP contribution in [-0.4, -0.2) is 32.2 Å². The molecule has 1 amide bonds. The molecule has 0 aliphatic carbocycles. The molecule has 0 radical (unpaired) electrons. The van der Waals surface area contributed by atoms with Crippen LogP contribution in [0, 0.1) is 13.8 Å². The second-order valence-electron chi connectivity index (χ2n) is 5.57. The van der Waals surface area contributed by atoms with E-state index in [1.807, 2.05) is 32.0 Å². The number of anilines is 1. The molecule has 1 aromatic carbocycles. The van der Waals surface area contributed by atoms with Crippen LogP contribution in [-0.2, 0) is 14.6 Å². The highest BCUT2D eigenvalue weighted by atomic mass is 32.2. The van der Waals surface area contributed by atoms with E-state index >= 15 is 0 Å². The number of aromatic nitrogens is 1. The Hall–Kier alpha value is -2.41. The summed E-state index contributed by atoms with van der Waals surface area (Å²) in [6, 6.07) is 8.72. The van der Waals surface area contributed by atoms with Crippen LogP contribution in [0.5, 0.6) is 5.75 Å². The minimum Gasteiger partial charge on any atom is -0.493 e. The minimum absolute atomic E-state index is 0.0290. The van der Waals surface area contributed by atoms with Crippen LogP contribution in [0.25, 0.3) is 0 Å². The molecule has 7 heteroatoms. The molecule has 0 fully saturated rings. The lowest BCUT2D eigenvalue weighted by molar-refractivity contribution is -0.116. The van der Waals surface area contributed by atoms with Gasteiger partial charge in [-0.1, -0.05) is 17.7 Å². The average molecular weight is 348 g/mol. The van der Waals surface area contributed by atoms with Crippen molar-refractivity contribution in [1.82, 2.24) is 4.98 Å². The number of rotatable bonds is 6. The summed E-state index contributed by atoms with van der Waals surface area (Å²) in [6.07, 6.45) is 2.58. The lowest BCUT2D eigenvalue weighted by Crippen LogP contribution is -2.15. The van der Waals surface area contributed by atoms with Gasteiger partial charge in [0.05, 0.1) is 24.9 Å². The maximum atomic E-state index is 11.9. The molecule has 0 aliphatic rings. The van der Waals surface area contributed by atoms with E-state index in [1.54, 1.807) is 0 Å². The molecule has 1 aromatic heterocycles. The van der Waals surface area contributed by atoms with Crippen LogP contribution in [0.3, 0.4) is 0 Å².